The zero-order valence-electron chi connectivity index (χ0n) is 21.2. The predicted molar refractivity (Wildman–Crippen MR) is 139 cm³/mol. The molecule has 4 rings (SSSR count). The largest absolute Gasteiger partial charge is 0.497 e. The van der Waals surface area contributed by atoms with Crippen molar-refractivity contribution >= 4 is 29.5 Å². The molecule has 196 valence electrons. The Balaban J connectivity index is 1.55. The van der Waals surface area contributed by atoms with E-state index in [1.54, 1.807) is 63.5 Å². The highest BCUT2D eigenvalue weighted by Gasteiger charge is 2.38. The van der Waals surface area contributed by atoms with Crippen LogP contribution >= 0.6 is 11.6 Å². The molecule has 1 atom stereocenters. The van der Waals surface area contributed by atoms with Crippen LogP contribution in [0, 0.1) is 0 Å². The minimum absolute atomic E-state index is 0.0401. The molecule has 2 aromatic rings. The molecule has 2 aliphatic rings. The van der Waals surface area contributed by atoms with Crippen molar-refractivity contribution in [3.8, 4) is 5.75 Å². The van der Waals surface area contributed by atoms with E-state index >= 15 is 0 Å². The number of benzene rings is 2. The highest BCUT2D eigenvalue weighted by atomic mass is 35.5. The molecular weight excluding hydrogens is 496 g/mol. The number of hydrogen-bond donors (Lipinski definition) is 1. The van der Waals surface area contributed by atoms with Crippen LogP contribution < -0.4 is 10.1 Å². The molecule has 0 spiro atoms. The first kappa shape index (κ1) is 26.5. The van der Waals surface area contributed by atoms with Gasteiger partial charge in [0.1, 0.15) is 5.75 Å². The van der Waals surface area contributed by atoms with Crippen molar-refractivity contribution < 1.29 is 23.9 Å². The summed E-state index contributed by atoms with van der Waals surface area (Å²) in [7, 11) is 3.22. The van der Waals surface area contributed by atoms with E-state index in [0.717, 1.165) is 0 Å². The second-order valence-corrected chi connectivity index (χ2v) is 9.25. The van der Waals surface area contributed by atoms with Gasteiger partial charge in [0.15, 0.2) is 0 Å². The Hall–Kier alpha value is -3.56. The number of amides is 3. The number of nitrogens with zero attached hydrogens (tertiary/aromatic N) is 3. The Morgan fingerprint density at radius 1 is 1.05 bits per heavy atom. The van der Waals surface area contributed by atoms with Gasteiger partial charge in [0.05, 0.1) is 25.3 Å². The third kappa shape index (κ3) is 5.73. The zero-order valence-corrected chi connectivity index (χ0v) is 22.0. The molecule has 37 heavy (non-hydrogen) atoms. The number of piperazine rings is 1. The maximum atomic E-state index is 13.2. The normalized spacial score (nSPS) is 18.5. The number of hydrogen-bond acceptors (Lipinski definition) is 6. The SMILES string of the molecule is CCOC(=O)C1=C(CN2CCN(C(=O)c3ccc(OC)cc3)CC2)N(C)C(=O)N[C@H]1c1ccccc1Cl. The summed E-state index contributed by atoms with van der Waals surface area (Å²) in [6.45, 7) is 4.53. The molecule has 3 amide bonds. The lowest BCUT2D eigenvalue weighted by atomic mass is 9.94. The number of nitrogens with one attached hydrogen (secondary N) is 1. The average molecular weight is 527 g/mol. The maximum Gasteiger partial charge on any atom is 0.338 e. The predicted octanol–water partition coefficient (Wildman–Crippen LogP) is 3.32. The van der Waals surface area contributed by atoms with Gasteiger partial charge in [-0.1, -0.05) is 29.8 Å². The fraction of sp³-hybridized carbons (Fsp3) is 0.370. The maximum absolute atomic E-state index is 13.2. The van der Waals surface area contributed by atoms with Crippen molar-refractivity contribution in [2.24, 2.45) is 0 Å². The van der Waals surface area contributed by atoms with Gasteiger partial charge in [0, 0.05) is 56.1 Å². The van der Waals surface area contributed by atoms with E-state index in [1.807, 2.05) is 11.0 Å². The topological polar surface area (TPSA) is 91.4 Å². The zero-order chi connectivity index (χ0) is 26.5. The monoisotopic (exact) mass is 526 g/mol. The quantitative estimate of drug-likeness (QED) is 0.557. The van der Waals surface area contributed by atoms with Gasteiger partial charge in [-0.05, 0) is 42.8 Å². The Kier molecular flexibility index (Phi) is 8.35. The lowest BCUT2D eigenvalue weighted by Gasteiger charge is -2.39. The number of urea groups is 1. The second kappa shape index (κ2) is 11.7. The van der Waals surface area contributed by atoms with Crippen LogP contribution in [0.3, 0.4) is 0 Å². The van der Waals surface area contributed by atoms with E-state index in [1.165, 1.54) is 4.90 Å². The number of methoxy groups -OCH3 is 1. The number of rotatable bonds is 7. The van der Waals surface area contributed by atoms with E-state index in [0.29, 0.717) is 65.9 Å². The van der Waals surface area contributed by atoms with Crippen LogP contribution in [0.2, 0.25) is 5.02 Å². The Morgan fingerprint density at radius 3 is 2.35 bits per heavy atom. The van der Waals surface area contributed by atoms with Crippen LogP contribution in [-0.4, -0.2) is 86.1 Å². The van der Waals surface area contributed by atoms with Crippen LogP contribution in [0.5, 0.6) is 5.75 Å². The van der Waals surface area contributed by atoms with E-state index in [9.17, 15) is 14.4 Å². The first-order valence-corrected chi connectivity index (χ1v) is 12.6. The average Bonchev–Trinajstić information content (AvgIpc) is 2.91. The molecule has 0 saturated carbocycles. The summed E-state index contributed by atoms with van der Waals surface area (Å²) in [4.78, 5) is 44.4. The molecule has 0 radical (unpaired) electrons. The smallest absolute Gasteiger partial charge is 0.338 e. The fourth-order valence-electron chi connectivity index (χ4n) is 4.58. The van der Waals surface area contributed by atoms with Gasteiger partial charge in [-0.2, -0.15) is 0 Å². The van der Waals surface area contributed by atoms with Crippen LogP contribution in [0.1, 0.15) is 28.9 Å². The van der Waals surface area contributed by atoms with Gasteiger partial charge in [-0.15, -0.1) is 0 Å². The van der Waals surface area contributed by atoms with E-state index < -0.39 is 12.0 Å². The molecule has 9 nitrogen and oxygen atoms in total. The van der Waals surface area contributed by atoms with Gasteiger partial charge in [-0.3, -0.25) is 14.6 Å². The molecule has 1 fully saturated rings. The van der Waals surface area contributed by atoms with Gasteiger partial charge < -0.3 is 19.7 Å². The molecule has 1 saturated heterocycles. The third-order valence-corrected chi connectivity index (χ3v) is 7.00. The number of likely N-dealkylation sites (N-methyl/N-ethyl adjacent to an activating group) is 1. The summed E-state index contributed by atoms with van der Waals surface area (Å²) >= 11 is 6.45. The molecule has 10 heteroatoms. The molecule has 0 unspecified atom stereocenters. The number of halogens is 1. The summed E-state index contributed by atoms with van der Waals surface area (Å²) in [6, 6.07) is 13.1. The summed E-state index contributed by atoms with van der Waals surface area (Å²) < 4.78 is 10.6. The minimum Gasteiger partial charge on any atom is -0.497 e. The van der Waals surface area contributed by atoms with Gasteiger partial charge >= 0.3 is 12.0 Å². The lowest BCUT2D eigenvalue weighted by molar-refractivity contribution is -0.139. The van der Waals surface area contributed by atoms with Crippen molar-refractivity contribution in [1.82, 2.24) is 20.0 Å². The van der Waals surface area contributed by atoms with Crippen LogP contribution in [0.4, 0.5) is 4.79 Å². The van der Waals surface area contributed by atoms with Gasteiger partial charge in [0.2, 0.25) is 0 Å². The van der Waals surface area contributed by atoms with E-state index in [2.05, 4.69) is 10.2 Å². The lowest BCUT2D eigenvalue weighted by Crippen LogP contribution is -2.53. The standard InChI is InChI=1S/C27H31ClN4O5/c1-4-37-26(34)23-22(30(2)27(35)29-24(23)20-7-5-6-8-21(20)28)17-31-13-15-32(16-14-31)25(33)18-9-11-19(36-3)12-10-18/h5-12,24H,4,13-17H2,1-3H3,(H,29,35)/t24-/m0/s1. The Bertz CT molecular complexity index is 1190. The van der Waals surface area contributed by atoms with Crippen molar-refractivity contribution in [3.63, 3.8) is 0 Å². The molecule has 2 aliphatic heterocycles. The van der Waals surface area contributed by atoms with Crippen molar-refractivity contribution in [2.75, 3.05) is 53.5 Å². The van der Waals surface area contributed by atoms with Crippen molar-refractivity contribution in [3.05, 3.63) is 76.0 Å². The number of ether oxygens (including phenoxy) is 2. The molecule has 0 aliphatic carbocycles. The Morgan fingerprint density at radius 2 is 1.73 bits per heavy atom. The molecule has 2 heterocycles. The number of carbonyl (C=O) groups is 3. The third-order valence-electron chi connectivity index (χ3n) is 6.66. The molecular formula is C27H31ClN4O5. The second-order valence-electron chi connectivity index (χ2n) is 8.84. The highest BCUT2D eigenvalue weighted by molar-refractivity contribution is 6.31. The number of carbonyl (C=O) groups excluding carboxylic acids is 3. The fourth-order valence-corrected chi connectivity index (χ4v) is 4.82. The summed E-state index contributed by atoms with van der Waals surface area (Å²) in [5.41, 5.74) is 2.14. The summed E-state index contributed by atoms with van der Waals surface area (Å²) in [5, 5.41) is 3.34. The van der Waals surface area contributed by atoms with Crippen LogP contribution in [-0.2, 0) is 9.53 Å². The molecule has 2 aromatic carbocycles. The molecule has 0 bridgehead atoms. The molecule has 0 aromatic heterocycles. The highest BCUT2D eigenvalue weighted by Crippen LogP contribution is 2.34. The summed E-state index contributed by atoms with van der Waals surface area (Å²) in [6.07, 6.45) is 0. The molecule has 1 N–H and O–H groups in total. The minimum atomic E-state index is -0.732. The van der Waals surface area contributed by atoms with Crippen molar-refractivity contribution in [1.29, 1.82) is 0 Å². The first-order valence-electron chi connectivity index (χ1n) is 12.2. The number of esters is 1. The van der Waals surface area contributed by atoms with Gasteiger partial charge in [0.25, 0.3) is 5.91 Å². The van der Waals surface area contributed by atoms with Crippen molar-refractivity contribution in [2.45, 2.75) is 13.0 Å². The summed E-state index contributed by atoms with van der Waals surface area (Å²) in [5.74, 6) is 0.159. The van der Waals surface area contributed by atoms with Crippen LogP contribution in [0.25, 0.3) is 0 Å². The van der Waals surface area contributed by atoms with Crippen LogP contribution in [0.15, 0.2) is 59.8 Å². The van der Waals surface area contributed by atoms with E-state index in [4.69, 9.17) is 21.1 Å². The van der Waals surface area contributed by atoms with E-state index in [-0.39, 0.29) is 18.5 Å². The first-order chi connectivity index (χ1) is 17.8. The Labute approximate surface area is 221 Å². The van der Waals surface area contributed by atoms with Gasteiger partial charge in [-0.25, -0.2) is 9.59 Å².